The number of hydrogen-bond donors (Lipinski definition) is 2. The third-order valence-corrected chi connectivity index (χ3v) is 3.95. The molecule has 5 heteroatoms. The topological polar surface area (TPSA) is 58.6 Å². The Morgan fingerprint density at radius 3 is 2.81 bits per heavy atom. The number of rotatable bonds is 6. The third kappa shape index (κ3) is 5.65. The van der Waals surface area contributed by atoms with E-state index in [9.17, 15) is 9.90 Å². The van der Waals surface area contributed by atoms with Gasteiger partial charge in [0.25, 0.3) is 0 Å². The molecule has 2 atom stereocenters. The molecule has 21 heavy (non-hydrogen) atoms. The minimum Gasteiger partial charge on any atom is -0.388 e. The summed E-state index contributed by atoms with van der Waals surface area (Å²) in [5, 5.41) is 13.5. The summed E-state index contributed by atoms with van der Waals surface area (Å²) >= 11 is 5.79. The quantitative estimate of drug-likeness (QED) is 0.849. The summed E-state index contributed by atoms with van der Waals surface area (Å²) in [6.45, 7) is 1.42. The van der Waals surface area contributed by atoms with Crippen LogP contribution in [0.2, 0.25) is 5.02 Å². The number of nitrogens with one attached hydrogen (secondary N) is 1. The summed E-state index contributed by atoms with van der Waals surface area (Å²) in [5.41, 5.74) is 0.699. The van der Waals surface area contributed by atoms with Crippen molar-refractivity contribution in [2.75, 3.05) is 13.2 Å². The van der Waals surface area contributed by atoms with E-state index >= 15 is 0 Å². The zero-order valence-electron chi connectivity index (χ0n) is 12.1. The van der Waals surface area contributed by atoms with Gasteiger partial charge in [-0.15, -0.1) is 0 Å². The molecule has 2 N–H and O–H groups in total. The molecule has 1 amide bonds. The normalized spacial score (nSPS) is 20.0. The van der Waals surface area contributed by atoms with Crippen LogP contribution >= 0.6 is 11.6 Å². The molecule has 0 aliphatic carbocycles. The Morgan fingerprint density at radius 2 is 2.14 bits per heavy atom. The molecule has 1 aliphatic rings. The van der Waals surface area contributed by atoms with Crippen LogP contribution < -0.4 is 5.32 Å². The first kappa shape index (κ1) is 16.3. The highest BCUT2D eigenvalue weighted by atomic mass is 35.5. The fourth-order valence-electron chi connectivity index (χ4n) is 2.46. The molecular formula is C16H22ClNO3. The fourth-order valence-corrected chi connectivity index (χ4v) is 2.58. The maximum atomic E-state index is 11.8. The molecule has 1 saturated heterocycles. The molecule has 4 nitrogen and oxygen atoms in total. The first-order valence-corrected chi connectivity index (χ1v) is 7.85. The van der Waals surface area contributed by atoms with Gasteiger partial charge in [-0.2, -0.15) is 0 Å². The largest absolute Gasteiger partial charge is 0.388 e. The van der Waals surface area contributed by atoms with E-state index in [0.29, 0.717) is 17.1 Å². The van der Waals surface area contributed by atoms with Crippen molar-refractivity contribution in [3.05, 3.63) is 34.9 Å². The highest BCUT2D eigenvalue weighted by Crippen LogP contribution is 2.19. The van der Waals surface area contributed by atoms with Gasteiger partial charge in [-0.05, 0) is 43.4 Å². The van der Waals surface area contributed by atoms with Gasteiger partial charge in [-0.25, -0.2) is 0 Å². The Kier molecular flexibility index (Phi) is 6.49. The summed E-state index contributed by atoms with van der Waals surface area (Å²) < 4.78 is 5.61. The lowest BCUT2D eigenvalue weighted by Gasteiger charge is -2.22. The van der Waals surface area contributed by atoms with Crippen LogP contribution in [0.5, 0.6) is 0 Å². The van der Waals surface area contributed by atoms with Crippen molar-refractivity contribution in [1.82, 2.24) is 5.32 Å². The van der Waals surface area contributed by atoms with Crippen LogP contribution in [0, 0.1) is 0 Å². The van der Waals surface area contributed by atoms with Gasteiger partial charge in [0.2, 0.25) is 5.91 Å². The third-order valence-electron chi connectivity index (χ3n) is 3.70. The van der Waals surface area contributed by atoms with Gasteiger partial charge < -0.3 is 15.2 Å². The summed E-state index contributed by atoms with van der Waals surface area (Å²) in [5.74, 6) is -0.145. The van der Waals surface area contributed by atoms with E-state index in [1.807, 2.05) is 0 Å². The van der Waals surface area contributed by atoms with Crippen molar-refractivity contribution in [2.45, 2.75) is 44.3 Å². The molecule has 1 heterocycles. The van der Waals surface area contributed by atoms with E-state index in [2.05, 4.69) is 5.32 Å². The highest BCUT2D eigenvalue weighted by molar-refractivity contribution is 6.30. The van der Waals surface area contributed by atoms with Gasteiger partial charge >= 0.3 is 0 Å². The van der Waals surface area contributed by atoms with Crippen molar-refractivity contribution < 1.29 is 14.6 Å². The monoisotopic (exact) mass is 311 g/mol. The predicted octanol–water partition coefficient (Wildman–Crippen LogP) is 2.84. The summed E-state index contributed by atoms with van der Waals surface area (Å²) in [4.78, 5) is 11.8. The number of amides is 1. The maximum Gasteiger partial charge on any atom is 0.222 e. The van der Waals surface area contributed by atoms with E-state index in [1.165, 1.54) is 6.42 Å². The minimum absolute atomic E-state index is 0.0627. The lowest BCUT2D eigenvalue weighted by molar-refractivity contribution is -0.123. The molecule has 0 saturated carbocycles. The second-order valence-electron chi connectivity index (χ2n) is 5.40. The first-order chi connectivity index (χ1) is 10.1. The number of carbonyl (C=O) groups is 1. The van der Waals surface area contributed by atoms with E-state index in [0.717, 1.165) is 25.9 Å². The van der Waals surface area contributed by atoms with E-state index in [1.54, 1.807) is 24.3 Å². The average Bonchev–Trinajstić information content (AvgIpc) is 2.49. The molecular weight excluding hydrogens is 290 g/mol. The summed E-state index contributed by atoms with van der Waals surface area (Å²) in [6, 6.07) is 6.88. The van der Waals surface area contributed by atoms with Crippen molar-refractivity contribution in [2.24, 2.45) is 0 Å². The minimum atomic E-state index is -0.798. The van der Waals surface area contributed by atoms with Crippen LogP contribution in [0.15, 0.2) is 24.3 Å². The SMILES string of the molecule is O=C(C[C@H](O)c1ccc(Cl)cc1)NCC[C@H]1CCCCO1. The van der Waals surface area contributed by atoms with Crippen LogP contribution in [0.25, 0.3) is 0 Å². The van der Waals surface area contributed by atoms with Crippen LogP contribution in [0.3, 0.4) is 0 Å². The Labute approximate surface area is 130 Å². The van der Waals surface area contributed by atoms with Crippen LogP contribution in [0.1, 0.15) is 43.8 Å². The van der Waals surface area contributed by atoms with E-state index < -0.39 is 6.10 Å². The molecule has 0 unspecified atom stereocenters. The molecule has 1 aliphatic heterocycles. The van der Waals surface area contributed by atoms with Crippen molar-refractivity contribution in [3.8, 4) is 0 Å². The van der Waals surface area contributed by atoms with Crippen molar-refractivity contribution >= 4 is 17.5 Å². The second-order valence-corrected chi connectivity index (χ2v) is 5.84. The number of carbonyl (C=O) groups excluding carboxylic acids is 1. The van der Waals surface area contributed by atoms with Gasteiger partial charge in [-0.1, -0.05) is 23.7 Å². The molecule has 0 bridgehead atoms. The number of benzene rings is 1. The zero-order chi connectivity index (χ0) is 15.1. The maximum absolute atomic E-state index is 11.8. The van der Waals surface area contributed by atoms with Crippen molar-refractivity contribution in [3.63, 3.8) is 0 Å². The molecule has 116 valence electrons. The Morgan fingerprint density at radius 1 is 1.38 bits per heavy atom. The Bertz CT molecular complexity index is 443. The molecule has 0 spiro atoms. The Balaban J connectivity index is 1.67. The number of aliphatic hydroxyl groups is 1. The second kappa shape index (κ2) is 8.37. The molecule has 2 rings (SSSR count). The number of halogens is 1. The highest BCUT2D eigenvalue weighted by Gasteiger charge is 2.15. The Hall–Kier alpha value is -1.10. The molecule has 0 radical (unpaired) electrons. The van der Waals surface area contributed by atoms with Gasteiger partial charge in [0.15, 0.2) is 0 Å². The van der Waals surface area contributed by atoms with Gasteiger partial charge in [0, 0.05) is 18.2 Å². The van der Waals surface area contributed by atoms with Gasteiger partial charge in [0.1, 0.15) is 0 Å². The number of ether oxygens (including phenoxy) is 1. The first-order valence-electron chi connectivity index (χ1n) is 7.47. The summed E-state index contributed by atoms with van der Waals surface area (Å²) in [6.07, 6.45) is 3.77. The fraction of sp³-hybridized carbons (Fsp3) is 0.562. The molecule has 1 fully saturated rings. The standard InChI is InChI=1S/C16H22ClNO3/c17-13-6-4-12(5-7-13)15(19)11-16(20)18-9-8-14-3-1-2-10-21-14/h4-7,14-15,19H,1-3,8-11H2,(H,18,20)/t14-,15+/m1/s1. The van der Waals surface area contributed by atoms with Crippen LogP contribution in [-0.2, 0) is 9.53 Å². The van der Waals surface area contributed by atoms with Gasteiger partial charge in [0.05, 0.1) is 18.6 Å². The van der Waals surface area contributed by atoms with Crippen molar-refractivity contribution in [1.29, 1.82) is 0 Å². The number of aliphatic hydroxyl groups excluding tert-OH is 1. The van der Waals surface area contributed by atoms with Crippen LogP contribution in [0.4, 0.5) is 0 Å². The lowest BCUT2D eigenvalue weighted by Crippen LogP contribution is -2.30. The van der Waals surface area contributed by atoms with Crippen LogP contribution in [-0.4, -0.2) is 30.3 Å². The molecule has 1 aromatic rings. The van der Waals surface area contributed by atoms with Gasteiger partial charge in [-0.3, -0.25) is 4.79 Å². The average molecular weight is 312 g/mol. The summed E-state index contributed by atoms with van der Waals surface area (Å²) in [7, 11) is 0. The van der Waals surface area contributed by atoms with E-state index in [-0.39, 0.29) is 18.4 Å². The molecule has 0 aromatic heterocycles. The lowest BCUT2D eigenvalue weighted by atomic mass is 10.1. The molecule has 1 aromatic carbocycles. The predicted molar refractivity (Wildman–Crippen MR) is 82.2 cm³/mol. The number of hydrogen-bond acceptors (Lipinski definition) is 3. The zero-order valence-corrected chi connectivity index (χ0v) is 12.8. The van der Waals surface area contributed by atoms with E-state index in [4.69, 9.17) is 16.3 Å². The smallest absolute Gasteiger partial charge is 0.222 e.